The van der Waals surface area contributed by atoms with E-state index in [1.54, 1.807) is 16.8 Å². The molecule has 0 aliphatic heterocycles. The molecule has 102 valence electrons. The molecule has 4 nitrogen and oxygen atoms in total. The average Bonchev–Trinajstić information content (AvgIpc) is 2.82. The van der Waals surface area contributed by atoms with Crippen LogP contribution in [0.2, 0.25) is 0 Å². The molecule has 0 amide bonds. The van der Waals surface area contributed by atoms with Crippen molar-refractivity contribution in [2.24, 2.45) is 0 Å². The van der Waals surface area contributed by atoms with Gasteiger partial charge in [0.1, 0.15) is 5.69 Å². The highest BCUT2D eigenvalue weighted by molar-refractivity contribution is 6.16. The first kappa shape index (κ1) is 13.8. The predicted molar refractivity (Wildman–Crippen MR) is 71.4 cm³/mol. The zero-order valence-electron chi connectivity index (χ0n) is 10.9. The Bertz CT molecular complexity index is 571. The molecular weight excluding hydrogens is 269 g/mol. The highest BCUT2D eigenvalue weighted by Gasteiger charge is 2.14. The van der Waals surface area contributed by atoms with Crippen molar-refractivity contribution in [2.75, 3.05) is 7.11 Å². The molecule has 2 rings (SSSR count). The second kappa shape index (κ2) is 6.02. The fourth-order valence-electron chi connectivity index (χ4n) is 1.92. The zero-order valence-corrected chi connectivity index (χ0v) is 11.6. The number of aromatic nitrogens is 3. The van der Waals surface area contributed by atoms with E-state index in [4.69, 9.17) is 16.3 Å². The Morgan fingerprint density at radius 1 is 1.42 bits per heavy atom. The summed E-state index contributed by atoms with van der Waals surface area (Å²) < 4.78 is 20.3. The van der Waals surface area contributed by atoms with Crippen molar-refractivity contribution >= 4 is 11.6 Å². The number of alkyl halides is 1. The number of hydrogen-bond acceptors (Lipinski definition) is 3. The van der Waals surface area contributed by atoms with Crippen molar-refractivity contribution in [3.63, 3.8) is 0 Å². The van der Waals surface area contributed by atoms with Crippen LogP contribution in [-0.4, -0.2) is 22.1 Å². The van der Waals surface area contributed by atoms with Crippen molar-refractivity contribution in [2.45, 2.75) is 25.6 Å². The van der Waals surface area contributed by atoms with Gasteiger partial charge in [-0.25, -0.2) is 9.07 Å². The number of nitrogens with zero attached hydrogens (tertiary/aromatic N) is 3. The third-order valence-corrected chi connectivity index (χ3v) is 3.09. The third kappa shape index (κ3) is 2.71. The first-order chi connectivity index (χ1) is 9.21. The van der Waals surface area contributed by atoms with Crippen molar-refractivity contribution in [1.29, 1.82) is 0 Å². The summed E-state index contributed by atoms with van der Waals surface area (Å²) in [5.74, 6) is 0.0809. The van der Waals surface area contributed by atoms with E-state index < -0.39 is 5.82 Å². The molecule has 0 saturated heterocycles. The van der Waals surface area contributed by atoms with E-state index >= 15 is 0 Å². The number of rotatable bonds is 5. The van der Waals surface area contributed by atoms with Crippen LogP contribution < -0.4 is 4.74 Å². The van der Waals surface area contributed by atoms with Gasteiger partial charge in [0.25, 0.3) is 0 Å². The fraction of sp³-hybridized carbons (Fsp3) is 0.385. The molecule has 0 spiro atoms. The molecule has 0 saturated carbocycles. The van der Waals surface area contributed by atoms with Crippen LogP contribution in [-0.2, 0) is 12.3 Å². The summed E-state index contributed by atoms with van der Waals surface area (Å²) in [6, 6.07) is 4.70. The highest BCUT2D eigenvalue weighted by atomic mass is 35.5. The molecule has 1 heterocycles. The molecule has 0 bridgehead atoms. The van der Waals surface area contributed by atoms with Gasteiger partial charge < -0.3 is 4.74 Å². The summed E-state index contributed by atoms with van der Waals surface area (Å²) >= 11 is 5.84. The van der Waals surface area contributed by atoms with Crippen LogP contribution in [0.3, 0.4) is 0 Å². The summed E-state index contributed by atoms with van der Waals surface area (Å²) in [4.78, 5) is 0. The van der Waals surface area contributed by atoms with Gasteiger partial charge >= 0.3 is 0 Å². The van der Waals surface area contributed by atoms with E-state index in [-0.39, 0.29) is 5.75 Å². The molecule has 0 unspecified atom stereocenters. The van der Waals surface area contributed by atoms with Crippen molar-refractivity contribution < 1.29 is 9.13 Å². The number of methoxy groups -OCH3 is 1. The smallest absolute Gasteiger partial charge is 0.167 e. The number of halogens is 2. The van der Waals surface area contributed by atoms with Crippen molar-refractivity contribution in [3.8, 4) is 11.4 Å². The van der Waals surface area contributed by atoms with E-state index in [0.29, 0.717) is 11.6 Å². The maximum absolute atomic E-state index is 13.7. The van der Waals surface area contributed by atoms with Crippen molar-refractivity contribution in [3.05, 3.63) is 35.4 Å². The maximum Gasteiger partial charge on any atom is 0.167 e. The second-order valence-electron chi connectivity index (χ2n) is 4.10. The molecule has 19 heavy (non-hydrogen) atoms. The van der Waals surface area contributed by atoms with Gasteiger partial charge in [-0.15, -0.1) is 16.7 Å². The quantitative estimate of drug-likeness (QED) is 0.792. The van der Waals surface area contributed by atoms with E-state index in [2.05, 4.69) is 17.2 Å². The molecule has 6 heteroatoms. The molecule has 0 fully saturated rings. The maximum atomic E-state index is 13.7. The first-order valence-corrected chi connectivity index (χ1v) is 6.58. The predicted octanol–water partition coefficient (Wildman–Crippen LogP) is 3.11. The van der Waals surface area contributed by atoms with Gasteiger partial charge in [0.05, 0.1) is 24.4 Å². The second-order valence-corrected chi connectivity index (χ2v) is 4.36. The van der Waals surface area contributed by atoms with Crippen LogP contribution in [0, 0.1) is 5.82 Å². The Kier molecular flexibility index (Phi) is 4.37. The molecule has 0 atom stereocenters. The minimum atomic E-state index is -0.426. The first-order valence-electron chi connectivity index (χ1n) is 6.04. The van der Waals surface area contributed by atoms with Crippen LogP contribution in [0.15, 0.2) is 18.2 Å². The summed E-state index contributed by atoms with van der Waals surface area (Å²) in [6.07, 6.45) is 1.73. The summed E-state index contributed by atoms with van der Waals surface area (Å²) in [5.41, 5.74) is 2.27. The topological polar surface area (TPSA) is 39.9 Å². The van der Waals surface area contributed by atoms with Crippen LogP contribution in [0.5, 0.6) is 5.75 Å². The molecular formula is C13H15ClFN3O. The lowest BCUT2D eigenvalue weighted by Gasteiger charge is -2.08. The Morgan fingerprint density at radius 3 is 2.79 bits per heavy atom. The van der Waals surface area contributed by atoms with Crippen LogP contribution >= 0.6 is 11.6 Å². The normalized spacial score (nSPS) is 10.7. The largest absolute Gasteiger partial charge is 0.494 e. The fourth-order valence-corrected chi connectivity index (χ4v) is 2.13. The summed E-state index contributed by atoms with van der Waals surface area (Å²) in [6.45, 7) is 2.06. The lowest BCUT2D eigenvalue weighted by atomic mass is 10.2. The van der Waals surface area contributed by atoms with Crippen LogP contribution in [0.25, 0.3) is 5.69 Å². The number of benzene rings is 1. The lowest BCUT2D eigenvalue weighted by molar-refractivity contribution is 0.386. The molecule has 1 aromatic heterocycles. The monoisotopic (exact) mass is 283 g/mol. The van der Waals surface area contributed by atoms with Gasteiger partial charge in [0.15, 0.2) is 11.6 Å². The van der Waals surface area contributed by atoms with Gasteiger partial charge in [-0.2, -0.15) is 0 Å². The summed E-state index contributed by atoms with van der Waals surface area (Å²) in [5, 5.41) is 8.08. The Balaban J connectivity index is 2.46. The van der Waals surface area contributed by atoms with Gasteiger partial charge in [-0.1, -0.05) is 18.6 Å². The Hall–Kier alpha value is -1.62. The third-order valence-electron chi connectivity index (χ3n) is 2.84. The van der Waals surface area contributed by atoms with Gasteiger partial charge in [-0.3, -0.25) is 0 Å². The number of hydrogen-bond donors (Lipinski definition) is 0. The van der Waals surface area contributed by atoms with Gasteiger partial charge in [0, 0.05) is 6.07 Å². The van der Waals surface area contributed by atoms with Crippen LogP contribution in [0.4, 0.5) is 4.39 Å². The van der Waals surface area contributed by atoms with E-state index in [9.17, 15) is 4.39 Å². The molecule has 1 aromatic carbocycles. The number of ether oxygens (including phenoxy) is 1. The zero-order chi connectivity index (χ0) is 13.8. The van der Waals surface area contributed by atoms with E-state index in [1.807, 2.05) is 0 Å². The SMILES string of the molecule is CCCc1c(CCl)nnn1-c1ccc(OC)c(F)c1. The van der Waals surface area contributed by atoms with Crippen molar-refractivity contribution in [1.82, 2.24) is 15.0 Å². The molecule has 0 aliphatic rings. The van der Waals surface area contributed by atoms with Gasteiger partial charge in [0.2, 0.25) is 0 Å². The molecule has 0 N–H and O–H groups in total. The lowest BCUT2D eigenvalue weighted by Crippen LogP contribution is -2.04. The van der Waals surface area contributed by atoms with E-state index in [0.717, 1.165) is 24.2 Å². The molecule has 2 aromatic rings. The Labute approximate surface area is 116 Å². The summed E-state index contributed by atoms with van der Waals surface area (Å²) in [7, 11) is 1.43. The standard InChI is InChI=1S/C13H15ClFN3O/c1-3-4-12-11(8-14)16-17-18(12)9-5-6-13(19-2)10(15)7-9/h5-7H,3-4,8H2,1-2H3. The minimum Gasteiger partial charge on any atom is -0.494 e. The van der Waals surface area contributed by atoms with Crippen LogP contribution in [0.1, 0.15) is 24.7 Å². The average molecular weight is 284 g/mol. The van der Waals surface area contributed by atoms with E-state index in [1.165, 1.54) is 13.2 Å². The van der Waals surface area contributed by atoms with Gasteiger partial charge in [-0.05, 0) is 18.6 Å². The molecule has 0 aliphatic carbocycles. The minimum absolute atomic E-state index is 0.207. The Morgan fingerprint density at radius 2 is 2.21 bits per heavy atom. The highest BCUT2D eigenvalue weighted by Crippen LogP contribution is 2.22. The molecule has 0 radical (unpaired) electrons.